The smallest absolute Gasteiger partial charge is 0.261 e. The van der Waals surface area contributed by atoms with Crippen LogP contribution in [-0.2, 0) is 11.3 Å². The van der Waals surface area contributed by atoms with Crippen molar-refractivity contribution in [3.05, 3.63) is 70.8 Å². The Morgan fingerprint density at radius 3 is 2.48 bits per heavy atom. The Hall–Kier alpha value is -3.28. The number of hydrogen-bond acceptors (Lipinski definition) is 4. The van der Waals surface area contributed by atoms with Gasteiger partial charge in [-0.3, -0.25) is 19.0 Å². The SMILES string of the molecule is CC(C)CC(=O)Nc1ccc(C(=O)Cn2cnc3ccccc3c2=O)cc1. The molecular weight excluding hydrogens is 342 g/mol. The molecular formula is C21H21N3O3. The number of benzene rings is 2. The summed E-state index contributed by atoms with van der Waals surface area (Å²) in [5.74, 6) is 0.0202. The fourth-order valence-corrected chi connectivity index (χ4v) is 2.79. The van der Waals surface area contributed by atoms with Gasteiger partial charge in [-0.2, -0.15) is 0 Å². The van der Waals surface area contributed by atoms with E-state index in [-0.39, 0.29) is 29.7 Å². The van der Waals surface area contributed by atoms with E-state index in [9.17, 15) is 14.4 Å². The van der Waals surface area contributed by atoms with Crippen LogP contribution in [0.5, 0.6) is 0 Å². The highest BCUT2D eigenvalue weighted by atomic mass is 16.2. The predicted octanol–water partition coefficient (Wildman–Crippen LogP) is 3.26. The highest BCUT2D eigenvalue weighted by Crippen LogP contribution is 2.12. The summed E-state index contributed by atoms with van der Waals surface area (Å²) >= 11 is 0. The molecule has 1 N–H and O–H groups in total. The van der Waals surface area contributed by atoms with E-state index in [1.807, 2.05) is 19.9 Å². The van der Waals surface area contributed by atoms with Crippen molar-refractivity contribution in [3.8, 4) is 0 Å². The van der Waals surface area contributed by atoms with E-state index < -0.39 is 0 Å². The van der Waals surface area contributed by atoms with E-state index in [1.165, 1.54) is 10.9 Å². The quantitative estimate of drug-likeness (QED) is 0.682. The Bertz CT molecular complexity index is 1040. The van der Waals surface area contributed by atoms with Crippen LogP contribution >= 0.6 is 0 Å². The van der Waals surface area contributed by atoms with E-state index in [4.69, 9.17) is 0 Å². The lowest BCUT2D eigenvalue weighted by molar-refractivity contribution is -0.116. The van der Waals surface area contributed by atoms with Crippen molar-refractivity contribution in [2.24, 2.45) is 5.92 Å². The summed E-state index contributed by atoms with van der Waals surface area (Å²) in [5.41, 5.74) is 1.47. The summed E-state index contributed by atoms with van der Waals surface area (Å²) in [6.45, 7) is 3.87. The summed E-state index contributed by atoms with van der Waals surface area (Å²) < 4.78 is 1.31. The standard InChI is InChI=1S/C21H21N3O3/c1-14(2)11-20(26)23-16-9-7-15(8-10-16)19(25)12-24-13-22-18-6-4-3-5-17(18)21(24)27/h3-10,13-14H,11-12H2,1-2H3,(H,23,26). The van der Waals surface area contributed by atoms with Crippen molar-refractivity contribution >= 4 is 28.3 Å². The average molecular weight is 363 g/mol. The van der Waals surface area contributed by atoms with Gasteiger partial charge in [0.15, 0.2) is 5.78 Å². The molecule has 6 heteroatoms. The number of amides is 1. The van der Waals surface area contributed by atoms with Crippen LogP contribution in [0.2, 0.25) is 0 Å². The van der Waals surface area contributed by atoms with E-state index >= 15 is 0 Å². The zero-order valence-corrected chi connectivity index (χ0v) is 15.3. The Labute approximate surface area is 156 Å². The highest BCUT2D eigenvalue weighted by Gasteiger charge is 2.11. The molecule has 1 aromatic heterocycles. The van der Waals surface area contributed by atoms with E-state index in [1.54, 1.807) is 42.5 Å². The Kier molecular flexibility index (Phi) is 5.45. The second-order valence-electron chi connectivity index (χ2n) is 6.84. The molecule has 3 aromatic rings. The summed E-state index contributed by atoms with van der Waals surface area (Å²) in [4.78, 5) is 41.0. The molecule has 1 heterocycles. The number of ketones is 1. The maximum Gasteiger partial charge on any atom is 0.261 e. The third kappa shape index (κ3) is 4.47. The van der Waals surface area contributed by atoms with Gasteiger partial charge in [-0.1, -0.05) is 26.0 Å². The second kappa shape index (κ2) is 7.95. The molecule has 0 aliphatic heterocycles. The van der Waals surface area contributed by atoms with Crippen molar-refractivity contribution in [2.75, 3.05) is 5.32 Å². The molecule has 0 aliphatic carbocycles. The molecule has 138 valence electrons. The molecule has 0 aliphatic rings. The van der Waals surface area contributed by atoms with Gasteiger partial charge in [-0.05, 0) is 42.3 Å². The monoisotopic (exact) mass is 363 g/mol. The molecule has 27 heavy (non-hydrogen) atoms. The van der Waals surface area contributed by atoms with E-state index in [0.717, 1.165) is 0 Å². The number of para-hydroxylation sites is 1. The molecule has 0 radical (unpaired) electrons. The summed E-state index contributed by atoms with van der Waals surface area (Å²) in [7, 11) is 0. The summed E-state index contributed by atoms with van der Waals surface area (Å²) in [6.07, 6.45) is 1.83. The number of rotatable bonds is 6. The molecule has 6 nitrogen and oxygen atoms in total. The van der Waals surface area contributed by atoms with Gasteiger partial charge in [0.1, 0.15) is 0 Å². The van der Waals surface area contributed by atoms with Gasteiger partial charge < -0.3 is 5.32 Å². The number of carbonyl (C=O) groups is 2. The number of hydrogen-bond donors (Lipinski definition) is 1. The summed E-state index contributed by atoms with van der Waals surface area (Å²) in [5, 5.41) is 3.29. The molecule has 0 spiro atoms. The number of nitrogens with one attached hydrogen (secondary N) is 1. The number of fused-ring (bicyclic) bond motifs is 1. The first-order chi connectivity index (χ1) is 12.9. The Morgan fingerprint density at radius 1 is 1.07 bits per heavy atom. The number of carbonyl (C=O) groups excluding carboxylic acids is 2. The number of anilines is 1. The molecule has 0 atom stereocenters. The van der Waals surface area contributed by atoms with Crippen LogP contribution in [0.1, 0.15) is 30.6 Å². The van der Waals surface area contributed by atoms with Crippen molar-refractivity contribution in [2.45, 2.75) is 26.8 Å². The average Bonchev–Trinajstić information content (AvgIpc) is 2.64. The molecule has 3 rings (SSSR count). The van der Waals surface area contributed by atoms with Crippen LogP contribution < -0.4 is 10.9 Å². The minimum absolute atomic E-state index is 0.0575. The van der Waals surface area contributed by atoms with Crippen molar-refractivity contribution in [1.29, 1.82) is 0 Å². The molecule has 1 amide bonds. The van der Waals surface area contributed by atoms with Gasteiger partial charge in [0, 0.05) is 17.7 Å². The number of nitrogens with zero attached hydrogens (tertiary/aromatic N) is 2. The van der Waals surface area contributed by atoms with Gasteiger partial charge in [-0.25, -0.2) is 4.98 Å². The van der Waals surface area contributed by atoms with Gasteiger partial charge >= 0.3 is 0 Å². The first-order valence-corrected chi connectivity index (χ1v) is 8.81. The van der Waals surface area contributed by atoms with Crippen LogP contribution in [0.15, 0.2) is 59.7 Å². The zero-order valence-electron chi connectivity index (χ0n) is 15.3. The Balaban J connectivity index is 1.72. The van der Waals surface area contributed by atoms with Crippen LogP contribution in [0.25, 0.3) is 10.9 Å². The second-order valence-corrected chi connectivity index (χ2v) is 6.84. The van der Waals surface area contributed by atoms with Crippen LogP contribution in [0.4, 0.5) is 5.69 Å². The molecule has 0 saturated heterocycles. The fourth-order valence-electron chi connectivity index (χ4n) is 2.79. The maximum atomic E-state index is 12.5. The first kappa shape index (κ1) is 18.5. The topological polar surface area (TPSA) is 81.1 Å². The van der Waals surface area contributed by atoms with Gasteiger partial charge in [0.05, 0.1) is 23.8 Å². The van der Waals surface area contributed by atoms with Crippen molar-refractivity contribution in [3.63, 3.8) is 0 Å². The normalized spacial score (nSPS) is 10.9. The lowest BCUT2D eigenvalue weighted by Gasteiger charge is -2.09. The lowest BCUT2D eigenvalue weighted by atomic mass is 10.1. The van der Waals surface area contributed by atoms with Crippen molar-refractivity contribution in [1.82, 2.24) is 9.55 Å². The fraction of sp³-hybridized carbons (Fsp3) is 0.238. The molecule has 2 aromatic carbocycles. The van der Waals surface area contributed by atoms with Gasteiger partial charge in [0.25, 0.3) is 5.56 Å². The molecule has 0 saturated carbocycles. The van der Waals surface area contributed by atoms with E-state index in [0.29, 0.717) is 28.6 Å². The van der Waals surface area contributed by atoms with Gasteiger partial charge in [-0.15, -0.1) is 0 Å². The number of aromatic nitrogens is 2. The molecule has 0 bridgehead atoms. The Morgan fingerprint density at radius 2 is 1.78 bits per heavy atom. The van der Waals surface area contributed by atoms with Crippen molar-refractivity contribution < 1.29 is 9.59 Å². The zero-order chi connectivity index (χ0) is 19.4. The predicted molar refractivity (Wildman–Crippen MR) is 105 cm³/mol. The first-order valence-electron chi connectivity index (χ1n) is 8.81. The van der Waals surface area contributed by atoms with Crippen LogP contribution in [-0.4, -0.2) is 21.2 Å². The minimum atomic E-state index is -0.244. The third-order valence-electron chi connectivity index (χ3n) is 4.13. The minimum Gasteiger partial charge on any atom is -0.326 e. The highest BCUT2D eigenvalue weighted by molar-refractivity contribution is 5.97. The number of Topliss-reactive ketones (excluding diaryl/α,β-unsaturated/α-hetero) is 1. The van der Waals surface area contributed by atoms with Gasteiger partial charge in [0.2, 0.25) is 5.91 Å². The van der Waals surface area contributed by atoms with Crippen LogP contribution in [0.3, 0.4) is 0 Å². The largest absolute Gasteiger partial charge is 0.326 e. The lowest BCUT2D eigenvalue weighted by Crippen LogP contribution is -2.24. The summed E-state index contributed by atoms with van der Waals surface area (Å²) in [6, 6.07) is 13.7. The van der Waals surface area contributed by atoms with Crippen LogP contribution in [0, 0.1) is 5.92 Å². The maximum absolute atomic E-state index is 12.5. The van der Waals surface area contributed by atoms with E-state index in [2.05, 4.69) is 10.3 Å². The molecule has 0 fully saturated rings. The third-order valence-corrected chi connectivity index (χ3v) is 4.13. The molecule has 0 unspecified atom stereocenters.